The number of amidine groups is 1. The molecule has 0 aliphatic rings. The average molecular weight is 124 g/mol. The minimum Gasteiger partial charge on any atom is -0.387 e. The van der Waals surface area contributed by atoms with Crippen LogP contribution in [0, 0.1) is 12.8 Å². The summed E-state index contributed by atoms with van der Waals surface area (Å²) in [7, 11) is 0. The van der Waals surface area contributed by atoms with E-state index in [4.69, 9.17) is 5.73 Å². The number of terminal acetylenes is 1. The molecule has 0 bridgehead atoms. The van der Waals surface area contributed by atoms with Gasteiger partial charge in [-0.05, 0) is 0 Å². The molecule has 0 heterocycles. The molecular weight excluding hydrogens is 112 g/mol. The van der Waals surface area contributed by atoms with Crippen molar-refractivity contribution in [3.63, 3.8) is 0 Å². The highest BCUT2D eigenvalue weighted by Crippen LogP contribution is 1.75. The molecule has 0 amide bonds. The molecule has 0 aromatic carbocycles. The SMILES string of the molecule is C#C.C=CN=C(N)CC. The zero-order chi connectivity index (χ0) is 7.70. The highest BCUT2D eigenvalue weighted by atomic mass is 14.8. The smallest absolute Gasteiger partial charge is 0.0985 e. The van der Waals surface area contributed by atoms with Gasteiger partial charge in [0.2, 0.25) is 0 Å². The van der Waals surface area contributed by atoms with Crippen molar-refractivity contribution in [2.75, 3.05) is 0 Å². The maximum Gasteiger partial charge on any atom is 0.0985 e. The van der Waals surface area contributed by atoms with Crippen LogP contribution in [0.1, 0.15) is 13.3 Å². The van der Waals surface area contributed by atoms with E-state index in [9.17, 15) is 0 Å². The number of hydrogen-bond donors (Lipinski definition) is 1. The summed E-state index contributed by atoms with van der Waals surface area (Å²) in [5.74, 6) is 0.634. The van der Waals surface area contributed by atoms with E-state index in [0.717, 1.165) is 6.42 Å². The summed E-state index contributed by atoms with van der Waals surface area (Å²) >= 11 is 0. The van der Waals surface area contributed by atoms with Crippen LogP contribution in [0.5, 0.6) is 0 Å². The summed E-state index contributed by atoms with van der Waals surface area (Å²) in [4.78, 5) is 3.70. The first-order valence-corrected chi connectivity index (χ1v) is 2.57. The van der Waals surface area contributed by atoms with Gasteiger partial charge in [0.25, 0.3) is 0 Å². The molecule has 0 aromatic heterocycles. The van der Waals surface area contributed by atoms with Crippen molar-refractivity contribution in [2.45, 2.75) is 13.3 Å². The second-order valence-corrected chi connectivity index (χ2v) is 1.16. The maximum absolute atomic E-state index is 5.26. The second kappa shape index (κ2) is 9.91. The van der Waals surface area contributed by atoms with Crippen molar-refractivity contribution >= 4 is 5.84 Å². The van der Waals surface area contributed by atoms with E-state index in [1.807, 2.05) is 6.92 Å². The standard InChI is InChI=1S/C5H10N2.C2H2/c1-3-5(6)7-4-2;1-2/h4H,2-3H2,1H3,(H2,6,7);1-2H. The van der Waals surface area contributed by atoms with Crippen LogP contribution in [0.3, 0.4) is 0 Å². The van der Waals surface area contributed by atoms with Crippen LogP contribution in [0.15, 0.2) is 17.8 Å². The lowest BCUT2D eigenvalue weighted by atomic mass is 10.5. The largest absolute Gasteiger partial charge is 0.387 e. The van der Waals surface area contributed by atoms with Crippen LogP contribution in [0.2, 0.25) is 0 Å². The van der Waals surface area contributed by atoms with Crippen molar-refractivity contribution < 1.29 is 0 Å². The molecule has 0 aliphatic carbocycles. The van der Waals surface area contributed by atoms with E-state index in [1.165, 1.54) is 6.20 Å². The molecule has 2 N–H and O–H groups in total. The number of aliphatic imine (C=N–C) groups is 1. The van der Waals surface area contributed by atoms with Crippen molar-refractivity contribution in [3.05, 3.63) is 12.8 Å². The van der Waals surface area contributed by atoms with Crippen molar-refractivity contribution in [3.8, 4) is 12.8 Å². The second-order valence-electron chi connectivity index (χ2n) is 1.16. The Balaban J connectivity index is 0. The lowest BCUT2D eigenvalue weighted by Crippen LogP contribution is -2.07. The third kappa shape index (κ3) is 10.8. The van der Waals surface area contributed by atoms with Gasteiger partial charge in [0.1, 0.15) is 0 Å². The molecule has 9 heavy (non-hydrogen) atoms. The Morgan fingerprint density at radius 2 is 2.22 bits per heavy atom. The fourth-order valence-electron chi connectivity index (χ4n) is 0.209. The third-order valence-electron chi connectivity index (χ3n) is 0.619. The van der Waals surface area contributed by atoms with E-state index < -0.39 is 0 Å². The Morgan fingerprint density at radius 1 is 1.78 bits per heavy atom. The number of hydrogen-bond acceptors (Lipinski definition) is 1. The maximum atomic E-state index is 5.26. The lowest BCUT2D eigenvalue weighted by Gasteiger charge is -1.86. The highest BCUT2D eigenvalue weighted by molar-refractivity contribution is 5.80. The third-order valence-corrected chi connectivity index (χ3v) is 0.619. The van der Waals surface area contributed by atoms with Crippen LogP contribution in [-0.2, 0) is 0 Å². The van der Waals surface area contributed by atoms with Gasteiger partial charge in [-0.3, -0.25) is 0 Å². The minimum atomic E-state index is 0.634. The van der Waals surface area contributed by atoms with E-state index in [-0.39, 0.29) is 0 Å². The molecule has 0 unspecified atom stereocenters. The Hall–Kier alpha value is -1.23. The monoisotopic (exact) mass is 124 g/mol. The molecule has 0 spiro atoms. The van der Waals surface area contributed by atoms with Gasteiger partial charge in [0.15, 0.2) is 0 Å². The molecule has 0 atom stereocenters. The molecule has 0 rings (SSSR count). The number of nitrogens with zero attached hydrogens (tertiary/aromatic N) is 1. The van der Waals surface area contributed by atoms with Crippen molar-refractivity contribution in [1.82, 2.24) is 0 Å². The lowest BCUT2D eigenvalue weighted by molar-refractivity contribution is 1.24. The molecule has 0 fully saturated rings. The Kier molecular flexibility index (Phi) is 11.8. The van der Waals surface area contributed by atoms with E-state index >= 15 is 0 Å². The number of rotatable bonds is 2. The summed E-state index contributed by atoms with van der Waals surface area (Å²) in [5, 5.41) is 0. The Bertz CT molecular complexity index is 111. The molecular formula is C7H12N2. The molecule has 0 aromatic rings. The molecule has 2 nitrogen and oxygen atoms in total. The zero-order valence-corrected chi connectivity index (χ0v) is 5.67. The van der Waals surface area contributed by atoms with Crippen LogP contribution < -0.4 is 5.73 Å². The summed E-state index contributed by atoms with van der Waals surface area (Å²) in [5.41, 5.74) is 5.26. The van der Waals surface area contributed by atoms with E-state index in [1.54, 1.807) is 0 Å². The van der Waals surface area contributed by atoms with Gasteiger partial charge >= 0.3 is 0 Å². The van der Waals surface area contributed by atoms with Crippen LogP contribution in [-0.4, -0.2) is 5.84 Å². The van der Waals surface area contributed by atoms with Crippen molar-refractivity contribution in [2.24, 2.45) is 10.7 Å². The molecule has 2 heteroatoms. The van der Waals surface area contributed by atoms with E-state index in [0.29, 0.717) is 5.84 Å². The Morgan fingerprint density at radius 3 is 2.33 bits per heavy atom. The predicted octanol–water partition coefficient (Wildman–Crippen LogP) is 1.15. The summed E-state index contributed by atoms with van der Waals surface area (Å²) in [6, 6.07) is 0. The van der Waals surface area contributed by atoms with Gasteiger partial charge in [-0.25, -0.2) is 4.99 Å². The first kappa shape index (κ1) is 10.7. The average Bonchev–Trinajstić information content (AvgIpc) is 1.93. The van der Waals surface area contributed by atoms with Gasteiger partial charge in [0.05, 0.1) is 5.84 Å². The quantitative estimate of drug-likeness (QED) is 0.334. The molecule has 50 valence electrons. The molecule has 0 aliphatic heterocycles. The molecule has 0 saturated carbocycles. The van der Waals surface area contributed by atoms with Gasteiger partial charge in [0, 0.05) is 12.6 Å². The van der Waals surface area contributed by atoms with Crippen molar-refractivity contribution in [1.29, 1.82) is 0 Å². The highest BCUT2D eigenvalue weighted by Gasteiger charge is 1.77. The molecule has 0 saturated heterocycles. The van der Waals surface area contributed by atoms with Crippen LogP contribution >= 0.6 is 0 Å². The first-order chi connectivity index (χ1) is 4.31. The minimum absolute atomic E-state index is 0.634. The van der Waals surface area contributed by atoms with Gasteiger partial charge in [-0.2, -0.15) is 0 Å². The van der Waals surface area contributed by atoms with Gasteiger partial charge < -0.3 is 5.73 Å². The fourth-order valence-corrected chi connectivity index (χ4v) is 0.209. The predicted molar refractivity (Wildman–Crippen MR) is 42.0 cm³/mol. The summed E-state index contributed by atoms with van der Waals surface area (Å²) < 4.78 is 0. The zero-order valence-electron chi connectivity index (χ0n) is 5.67. The van der Waals surface area contributed by atoms with Crippen LogP contribution in [0.25, 0.3) is 0 Å². The number of nitrogens with two attached hydrogens (primary N) is 1. The fraction of sp³-hybridized carbons (Fsp3) is 0.286. The van der Waals surface area contributed by atoms with Gasteiger partial charge in [-0.15, -0.1) is 12.8 Å². The Labute approximate surface area is 56.5 Å². The summed E-state index contributed by atoms with van der Waals surface area (Å²) in [6.07, 6.45) is 10.2. The van der Waals surface area contributed by atoms with Gasteiger partial charge in [-0.1, -0.05) is 13.5 Å². The van der Waals surface area contributed by atoms with E-state index in [2.05, 4.69) is 24.4 Å². The topological polar surface area (TPSA) is 38.4 Å². The molecule has 0 radical (unpaired) electrons. The first-order valence-electron chi connectivity index (χ1n) is 2.57. The summed E-state index contributed by atoms with van der Waals surface area (Å²) in [6.45, 7) is 5.33. The normalized spacial score (nSPS) is 9.00. The van der Waals surface area contributed by atoms with Crippen LogP contribution in [0.4, 0.5) is 0 Å².